The van der Waals surface area contributed by atoms with Crippen LogP contribution in [0.25, 0.3) is 39.7 Å². The first-order valence-electron chi connectivity index (χ1n) is 16.6. The van der Waals surface area contributed by atoms with Crippen LogP contribution in [0.5, 0.6) is 0 Å². The Morgan fingerprint density at radius 3 is 2.33 bits per heavy atom. The SMILES string of the molecule is COCc1cccc(-c2cc(CNC(=O)c3c(-c4ccccc4)c(-c4ccc(F)cc4)c(/C=C/[C@@H](O)C[C@@H](O)CC(=O)OC)n3C(C)C)no2)c1. The number of hydrogen-bond donors (Lipinski definition) is 3. The maximum Gasteiger partial charge on any atom is 0.308 e. The van der Waals surface area contributed by atoms with Gasteiger partial charge in [-0.2, -0.15) is 0 Å². The van der Waals surface area contributed by atoms with E-state index in [0.717, 1.165) is 16.7 Å². The largest absolute Gasteiger partial charge is 0.469 e. The van der Waals surface area contributed by atoms with Crippen molar-refractivity contribution in [2.75, 3.05) is 14.2 Å². The van der Waals surface area contributed by atoms with E-state index in [9.17, 15) is 24.2 Å². The van der Waals surface area contributed by atoms with E-state index in [2.05, 4.69) is 15.2 Å². The standard InChI is InChI=1S/C40H42FN3O7/c1-25(2)44-34(18-17-32(45)21-33(46)22-36(47)50-4)37(28-13-15-30(41)16-14-28)38(27-10-6-5-7-11-27)39(44)40(48)42-23-31-20-35(51-43-31)29-12-8-9-26(19-29)24-49-3/h5-20,25,32-33,45-46H,21-24H2,1-4H3,(H,42,48)/b18-17+/t32-,33-/m1/s1. The summed E-state index contributed by atoms with van der Waals surface area (Å²) in [7, 11) is 2.86. The number of aliphatic hydroxyl groups excluding tert-OH is 2. The molecule has 5 aromatic rings. The summed E-state index contributed by atoms with van der Waals surface area (Å²) in [6.45, 7) is 4.41. The Labute approximate surface area is 296 Å². The third-order valence-electron chi connectivity index (χ3n) is 8.30. The number of ether oxygens (including phenoxy) is 2. The topological polar surface area (TPSA) is 136 Å². The number of aromatic nitrogens is 2. The van der Waals surface area contributed by atoms with E-state index in [0.29, 0.717) is 46.1 Å². The van der Waals surface area contributed by atoms with E-state index in [-0.39, 0.29) is 31.3 Å². The summed E-state index contributed by atoms with van der Waals surface area (Å²) in [5.41, 5.74) is 5.94. The minimum Gasteiger partial charge on any atom is -0.469 e. The van der Waals surface area contributed by atoms with Gasteiger partial charge in [-0.25, -0.2) is 4.39 Å². The van der Waals surface area contributed by atoms with Crippen LogP contribution in [-0.4, -0.2) is 58.2 Å². The first kappa shape index (κ1) is 36.9. The van der Waals surface area contributed by atoms with Crippen molar-refractivity contribution in [3.05, 3.63) is 119 Å². The third kappa shape index (κ3) is 9.06. The molecule has 0 aliphatic rings. The minimum absolute atomic E-state index is 0.0749. The Kier molecular flexibility index (Phi) is 12.3. The third-order valence-corrected chi connectivity index (χ3v) is 8.30. The molecule has 3 N–H and O–H groups in total. The van der Waals surface area contributed by atoms with Crippen molar-refractivity contribution >= 4 is 18.0 Å². The lowest BCUT2D eigenvalue weighted by atomic mass is 9.94. The predicted octanol–water partition coefficient (Wildman–Crippen LogP) is 6.96. The van der Waals surface area contributed by atoms with Gasteiger partial charge in [-0.15, -0.1) is 0 Å². The van der Waals surface area contributed by atoms with Crippen molar-refractivity contribution in [2.24, 2.45) is 0 Å². The van der Waals surface area contributed by atoms with Gasteiger partial charge in [-0.05, 0) is 54.8 Å². The zero-order valence-electron chi connectivity index (χ0n) is 29.0. The van der Waals surface area contributed by atoms with Gasteiger partial charge in [0.25, 0.3) is 5.91 Å². The second kappa shape index (κ2) is 17.0. The summed E-state index contributed by atoms with van der Waals surface area (Å²) in [6, 6.07) is 24.7. The number of aliphatic hydroxyl groups is 2. The number of methoxy groups -OCH3 is 2. The maximum atomic E-state index is 14.4. The number of rotatable bonds is 15. The number of carbonyl (C=O) groups excluding carboxylic acids is 2. The van der Waals surface area contributed by atoms with Gasteiger partial charge in [0.2, 0.25) is 0 Å². The fourth-order valence-corrected chi connectivity index (χ4v) is 6.01. The summed E-state index contributed by atoms with van der Waals surface area (Å²) >= 11 is 0. The van der Waals surface area contributed by atoms with E-state index in [4.69, 9.17) is 9.26 Å². The molecule has 3 aromatic carbocycles. The normalized spacial score (nSPS) is 12.7. The lowest BCUT2D eigenvalue weighted by Crippen LogP contribution is -2.27. The Morgan fingerprint density at radius 1 is 0.941 bits per heavy atom. The number of nitrogens with one attached hydrogen (secondary N) is 1. The predicted molar refractivity (Wildman–Crippen MR) is 192 cm³/mol. The van der Waals surface area contributed by atoms with Crippen molar-refractivity contribution in [1.29, 1.82) is 0 Å². The molecular weight excluding hydrogens is 653 g/mol. The summed E-state index contributed by atoms with van der Waals surface area (Å²) in [6.07, 6.45) is 0.568. The fraction of sp³-hybridized carbons (Fsp3) is 0.275. The van der Waals surface area contributed by atoms with Gasteiger partial charge in [-0.3, -0.25) is 9.59 Å². The Morgan fingerprint density at radius 2 is 1.65 bits per heavy atom. The van der Waals surface area contributed by atoms with E-state index < -0.39 is 24.0 Å². The molecule has 0 aliphatic heterocycles. The summed E-state index contributed by atoms with van der Waals surface area (Å²) in [5, 5.41) is 28.4. The van der Waals surface area contributed by atoms with E-state index in [1.54, 1.807) is 31.4 Å². The molecule has 0 fully saturated rings. The second-order valence-corrected chi connectivity index (χ2v) is 12.4. The number of benzene rings is 3. The van der Waals surface area contributed by atoms with Crippen molar-refractivity contribution in [1.82, 2.24) is 15.0 Å². The molecule has 2 heterocycles. The lowest BCUT2D eigenvalue weighted by molar-refractivity contribution is -0.143. The molecule has 5 rings (SSSR count). The van der Waals surface area contributed by atoms with Gasteiger partial charge in [0.05, 0.1) is 38.9 Å². The highest BCUT2D eigenvalue weighted by Gasteiger charge is 2.29. The van der Waals surface area contributed by atoms with Crippen LogP contribution in [0, 0.1) is 5.82 Å². The van der Waals surface area contributed by atoms with E-state index in [1.165, 1.54) is 25.3 Å². The monoisotopic (exact) mass is 695 g/mol. The summed E-state index contributed by atoms with van der Waals surface area (Å²) < 4.78 is 31.6. The van der Waals surface area contributed by atoms with Crippen LogP contribution < -0.4 is 5.32 Å². The molecule has 51 heavy (non-hydrogen) atoms. The zero-order chi connectivity index (χ0) is 36.5. The highest BCUT2D eigenvalue weighted by atomic mass is 19.1. The van der Waals surface area contributed by atoms with Crippen molar-refractivity contribution < 1.29 is 38.2 Å². The van der Waals surface area contributed by atoms with Crippen LogP contribution in [0.1, 0.15) is 60.2 Å². The van der Waals surface area contributed by atoms with Gasteiger partial charge in [0, 0.05) is 48.0 Å². The number of amides is 1. The van der Waals surface area contributed by atoms with Gasteiger partial charge in [0.1, 0.15) is 17.2 Å². The van der Waals surface area contributed by atoms with Crippen molar-refractivity contribution in [2.45, 2.75) is 58.1 Å². The molecule has 0 aliphatic carbocycles. The van der Waals surface area contributed by atoms with E-state index in [1.807, 2.05) is 73.0 Å². The average molecular weight is 696 g/mol. The molecule has 0 spiro atoms. The minimum atomic E-state index is -1.13. The second-order valence-electron chi connectivity index (χ2n) is 12.4. The number of esters is 1. The van der Waals surface area contributed by atoms with Gasteiger partial charge >= 0.3 is 5.97 Å². The Bertz CT molecular complexity index is 1970. The van der Waals surface area contributed by atoms with Crippen LogP contribution in [0.2, 0.25) is 0 Å². The van der Waals surface area contributed by atoms with Gasteiger partial charge < -0.3 is 34.1 Å². The number of nitrogens with zero attached hydrogens (tertiary/aromatic N) is 2. The molecule has 11 heteroatoms. The molecule has 0 saturated heterocycles. The molecule has 266 valence electrons. The van der Waals surface area contributed by atoms with Crippen LogP contribution in [-0.2, 0) is 27.4 Å². The van der Waals surface area contributed by atoms with Crippen LogP contribution in [0.4, 0.5) is 4.39 Å². The van der Waals surface area contributed by atoms with Gasteiger partial charge in [0.15, 0.2) is 5.76 Å². The van der Waals surface area contributed by atoms with Crippen molar-refractivity contribution in [3.8, 4) is 33.6 Å². The van der Waals surface area contributed by atoms with Gasteiger partial charge in [-0.1, -0.05) is 71.9 Å². The maximum absolute atomic E-state index is 14.4. The highest BCUT2D eigenvalue weighted by Crippen LogP contribution is 2.42. The molecule has 10 nitrogen and oxygen atoms in total. The lowest BCUT2D eigenvalue weighted by Gasteiger charge is -2.17. The van der Waals surface area contributed by atoms with Crippen LogP contribution >= 0.6 is 0 Å². The molecule has 0 unspecified atom stereocenters. The molecule has 2 atom stereocenters. The molecular formula is C40H42FN3O7. The molecule has 1 amide bonds. The van der Waals surface area contributed by atoms with Crippen LogP contribution in [0.15, 0.2) is 95.5 Å². The number of hydrogen-bond acceptors (Lipinski definition) is 8. The quantitative estimate of drug-likeness (QED) is 0.100. The number of carbonyl (C=O) groups is 2. The Balaban J connectivity index is 1.56. The molecule has 2 aromatic heterocycles. The Hall–Kier alpha value is -5.36. The first-order chi connectivity index (χ1) is 24.6. The molecule has 0 bridgehead atoms. The smallest absolute Gasteiger partial charge is 0.308 e. The average Bonchev–Trinajstić information content (AvgIpc) is 3.74. The zero-order valence-corrected chi connectivity index (χ0v) is 29.0. The molecule has 0 radical (unpaired) electrons. The van der Waals surface area contributed by atoms with E-state index >= 15 is 0 Å². The fourth-order valence-electron chi connectivity index (χ4n) is 6.01. The molecule has 0 saturated carbocycles. The van der Waals surface area contributed by atoms with Crippen LogP contribution in [0.3, 0.4) is 0 Å². The highest BCUT2D eigenvalue weighted by molar-refractivity contribution is 6.06. The summed E-state index contributed by atoms with van der Waals surface area (Å²) in [4.78, 5) is 26.0. The first-order valence-corrected chi connectivity index (χ1v) is 16.6. The summed E-state index contributed by atoms with van der Waals surface area (Å²) in [5.74, 6) is -0.835. The number of halogens is 1. The van der Waals surface area contributed by atoms with Crippen molar-refractivity contribution in [3.63, 3.8) is 0 Å².